The molecule has 1 fully saturated rings. The van der Waals surface area contributed by atoms with E-state index in [0.717, 1.165) is 26.3 Å². The van der Waals surface area contributed by atoms with E-state index in [9.17, 15) is 0 Å². The number of fused-ring (bicyclic) bond motifs is 1. The standard InChI is InChI=1S/C15H19ClN2S/c1-10-3-2-4-12(7-5-10)17-15-18-13-8-6-11(16)9-14(13)19-15/h6,8-10,12H,2-5,7H2,1H3,(H,17,18). The van der Waals surface area contributed by atoms with E-state index in [1.54, 1.807) is 11.3 Å². The third-order valence-corrected chi connectivity index (χ3v) is 5.12. The first-order valence-corrected chi connectivity index (χ1v) is 8.23. The van der Waals surface area contributed by atoms with Gasteiger partial charge in [0.1, 0.15) is 0 Å². The predicted octanol–water partition coefficient (Wildman–Crippen LogP) is 5.33. The van der Waals surface area contributed by atoms with Crippen LogP contribution in [0.25, 0.3) is 10.2 Å². The van der Waals surface area contributed by atoms with Crippen LogP contribution in [-0.4, -0.2) is 11.0 Å². The van der Waals surface area contributed by atoms with Gasteiger partial charge in [-0.1, -0.05) is 42.7 Å². The average molecular weight is 295 g/mol. The lowest BCUT2D eigenvalue weighted by Crippen LogP contribution is -2.18. The molecule has 2 nitrogen and oxygen atoms in total. The van der Waals surface area contributed by atoms with Crippen LogP contribution in [0.1, 0.15) is 39.0 Å². The molecule has 1 aromatic heterocycles. The highest BCUT2D eigenvalue weighted by molar-refractivity contribution is 7.22. The molecule has 1 N–H and O–H groups in total. The number of thiazole rings is 1. The average Bonchev–Trinajstić information content (AvgIpc) is 2.65. The molecular weight excluding hydrogens is 276 g/mol. The number of halogens is 1. The quantitative estimate of drug-likeness (QED) is 0.757. The zero-order valence-electron chi connectivity index (χ0n) is 11.2. The molecule has 0 radical (unpaired) electrons. The third kappa shape index (κ3) is 3.21. The zero-order valence-corrected chi connectivity index (χ0v) is 12.7. The van der Waals surface area contributed by atoms with Crippen molar-refractivity contribution in [1.29, 1.82) is 0 Å². The van der Waals surface area contributed by atoms with Gasteiger partial charge in [0.25, 0.3) is 0 Å². The lowest BCUT2D eigenvalue weighted by atomic mass is 10.0. The Bertz CT molecular complexity index is 566. The summed E-state index contributed by atoms with van der Waals surface area (Å²) in [6.45, 7) is 2.36. The van der Waals surface area contributed by atoms with Gasteiger partial charge in [-0.3, -0.25) is 0 Å². The van der Waals surface area contributed by atoms with E-state index in [0.29, 0.717) is 6.04 Å². The Hall–Kier alpha value is -0.800. The van der Waals surface area contributed by atoms with Crippen molar-refractivity contribution in [1.82, 2.24) is 4.98 Å². The summed E-state index contributed by atoms with van der Waals surface area (Å²) in [5.74, 6) is 0.876. The molecule has 1 aliphatic rings. The summed E-state index contributed by atoms with van der Waals surface area (Å²) in [5.41, 5.74) is 1.04. The Kier molecular flexibility index (Phi) is 3.94. The Morgan fingerprint density at radius 1 is 1.26 bits per heavy atom. The van der Waals surface area contributed by atoms with Gasteiger partial charge in [0, 0.05) is 11.1 Å². The van der Waals surface area contributed by atoms with Crippen molar-refractivity contribution < 1.29 is 0 Å². The van der Waals surface area contributed by atoms with Crippen molar-refractivity contribution in [3.8, 4) is 0 Å². The predicted molar refractivity (Wildman–Crippen MR) is 84.3 cm³/mol. The monoisotopic (exact) mass is 294 g/mol. The number of nitrogens with zero attached hydrogens (tertiary/aromatic N) is 1. The molecule has 2 unspecified atom stereocenters. The van der Waals surface area contributed by atoms with Crippen molar-refractivity contribution in [2.45, 2.75) is 45.1 Å². The molecule has 3 rings (SSSR count). The fraction of sp³-hybridized carbons (Fsp3) is 0.533. The van der Waals surface area contributed by atoms with Crippen molar-refractivity contribution in [2.24, 2.45) is 5.92 Å². The molecule has 1 saturated carbocycles. The van der Waals surface area contributed by atoms with E-state index in [1.807, 2.05) is 18.2 Å². The van der Waals surface area contributed by atoms with Gasteiger partial charge in [-0.05, 0) is 43.4 Å². The summed E-state index contributed by atoms with van der Waals surface area (Å²) in [6.07, 6.45) is 6.55. The van der Waals surface area contributed by atoms with Crippen LogP contribution in [0.5, 0.6) is 0 Å². The van der Waals surface area contributed by atoms with E-state index in [4.69, 9.17) is 11.6 Å². The normalized spacial score (nSPS) is 24.3. The van der Waals surface area contributed by atoms with Gasteiger partial charge >= 0.3 is 0 Å². The van der Waals surface area contributed by atoms with Gasteiger partial charge < -0.3 is 5.32 Å². The molecule has 1 aromatic carbocycles. The van der Waals surface area contributed by atoms with E-state index in [1.165, 1.54) is 32.1 Å². The highest BCUT2D eigenvalue weighted by Gasteiger charge is 2.17. The molecule has 1 heterocycles. The molecule has 0 aliphatic heterocycles. The SMILES string of the molecule is CC1CCCC(Nc2nc3ccc(Cl)cc3s2)CC1. The van der Waals surface area contributed by atoms with Crippen LogP contribution in [0.15, 0.2) is 18.2 Å². The van der Waals surface area contributed by atoms with E-state index in [2.05, 4.69) is 17.2 Å². The largest absolute Gasteiger partial charge is 0.359 e. The van der Waals surface area contributed by atoms with E-state index < -0.39 is 0 Å². The highest BCUT2D eigenvalue weighted by atomic mass is 35.5. The molecule has 0 amide bonds. The van der Waals surface area contributed by atoms with Crippen LogP contribution in [0.4, 0.5) is 5.13 Å². The van der Waals surface area contributed by atoms with Gasteiger partial charge in [-0.25, -0.2) is 4.98 Å². The molecule has 0 bridgehead atoms. The van der Waals surface area contributed by atoms with Crippen LogP contribution in [0, 0.1) is 5.92 Å². The maximum atomic E-state index is 6.02. The fourth-order valence-corrected chi connectivity index (χ4v) is 3.99. The number of rotatable bonds is 2. The summed E-state index contributed by atoms with van der Waals surface area (Å²) in [5, 5.41) is 5.44. The topological polar surface area (TPSA) is 24.9 Å². The second-order valence-corrected chi connectivity index (χ2v) is 7.05. The second kappa shape index (κ2) is 5.68. The Labute approximate surface area is 123 Å². The molecule has 1 aliphatic carbocycles. The molecule has 4 heteroatoms. The zero-order chi connectivity index (χ0) is 13.2. The number of nitrogens with one attached hydrogen (secondary N) is 1. The lowest BCUT2D eigenvalue weighted by molar-refractivity contribution is 0.502. The Balaban J connectivity index is 1.73. The Morgan fingerprint density at radius 3 is 3.05 bits per heavy atom. The van der Waals surface area contributed by atoms with Crippen molar-refractivity contribution >= 4 is 38.3 Å². The molecular formula is C15H19ClN2S. The summed E-state index contributed by atoms with van der Waals surface area (Å²) in [7, 11) is 0. The van der Waals surface area contributed by atoms with E-state index in [-0.39, 0.29) is 0 Å². The highest BCUT2D eigenvalue weighted by Crippen LogP contribution is 2.31. The fourth-order valence-electron chi connectivity index (χ4n) is 2.77. The minimum Gasteiger partial charge on any atom is -0.359 e. The van der Waals surface area contributed by atoms with Crippen LogP contribution in [-0.2, 0) is 0 Å². The molecule has 0 saturated heterocycles. The molecule has 2 atom stereocenters. The van der Waals surface area contributed by atoms with Crippen LogP contribution >= 0.6 is 22.9 Å². The maximum Gasteiger partial charge on any atom is 0.184 e. The third-order valence-electron chi connectivity index (χ3n) is 3.94. The minimum absolute atomic E-state index is 0.584. The summed E-state index contributed by atoms with van der Waals surface area (Å²) < 4.78 is 1.16. The van der Waals surface area contributed by atoms with Gasteiger partial charge in [-0.2, -0.15) is 0 Å². The smallest absolute Gasteiger partial charge is 0.184 e. The molecule has 2 aromatic rings. The number of aromatic nitrogens is 1. The number of benzene rings is 1. The summed E-state index contributed by atoms with van der Waals surface area (Å²) in [4.78, 5) is 4.65. The van der Waals surface area contributed by atoms with Gasteiger partial charge in [0.2, 0.25) is 0 Å². The first kappa shape index (κ1) is 13.2. The lowest BCUT2D eigenvalue weighted by Gasteiger charge is -2.15. The van der Waals surface area contributed by atoms with Gasteiger partial charge in [0.15, 0.2) is 5.13 Å². The van der Waals surface area contributed by atoms with Crippen molar-refractivity contribution in [3.05, 3.63) is 23.2 Å². The number of hydrogen-bond donors (Lipinski definition) is 1. The minimum atomic E-state index is 0.584. The van der Waals surface area contributed by atoms with Crippen molar-refractivity contribution in [3.63, 3.8) is 0 Å². The molecule has 0 spiro atoms. The van der Waals surface area contributed by atoms with E-state index >= 15 is 0 Å². The first-order valence-electron chi connectivity index (χ1n) is 7.03. The molecule has 19 heavy (non-hydrogen) atoms. The number of hydrogen-bond acceptors (Lipinski definition) is 3. The second-order valence-electron chi connectivity index (χ2n) is 5.59. The Morgan fingerprint density at radius 2 is 2.16 bits per heavy atom. The van der Waals surface area contributed by atoms with Gasteiger partial charge in [-0.15, -0.1) is 0 Å². The maximum absolute atomic E-state index is 6.02. The van der Waals surface area contributed by atoms with Crippen LogP contribution in [0.2, 0.25) is 5.02 Å². The van der Waals surface area contributed by atoms with Gasteiger partial charge in [0.05, 0.1) is 10.2 Å². The van der Waals surface area contributed by atoms with Crippen molar-refractivity contribution in [2.75, 3.05) is 5.32 Å². The molecule has 102 valence electrons. The first-order chi connectivity index (χ1) is 9.20. The summed E-state index contributed by atoms with van der Waals surface area (Å²) in [6, 6.07) is 6.48. The van der Waals surface area contributed by atoms with Crippen LogP contribution < -0.4 is 5.32 Å². The summed E-state index contributed by atoms with van der Waals surface area (Å²) >= 11 is 7.72. The van der Waals surface area contributed by atoms with Crippen LogP contribution in [0.3, 0.4) is 0 Å². The number of anilines is 1.